The van der Waals surface area contributed by atoms with Gasteiger partial charge in [0.2, 0.25) is 11.8 Å². The number of fused-ring (bicyclic) bond motifs is 4. The van der Waals surface area contributed by atoms with Crippen molar-refractivity contribution in [3.05, 3.63) is 59.7 Å². The van der Waals surface area contributed by atoms with Crippen molar-refractivity contribution in [2.75, 3.05) is 19.7 Å². The molecule has 182 valence electrons. The van der Waals surface area contributed by atoms with E-state index in [0.29, 0.717) is 19.3 Å². The van der Waals surface area contributed by atoms with Crippen LogP contribution < -0.4 is 16.0 Å². The van der Waals surface area contributed by atoms with Gasteiger partial charge >= 0.3 is 12.1 Å². The number of hydrogen-bond acceptors (Lipinski definition) is 5. The number of nitrogens with one attached hydrogen (secondary N) is 3. The number of carboxylic acids is 1. The van der Waals surface area contributed by atoms with Gasteiger partial charge < -0.3 is 25.8 Å². The minimum Gasteiger partial charge on any atom is -0.481 e. The smallest absolute Gasteiger partial charge is 0.407 e. The maximum absolute atomic E-state index is 12.2. The quantitative estimate of drug-likeness (QED) is 0.460. The summed E-state index contributed by atoms with van der Waals surface area (Å²) in [4.78, 5) is 47.7. The molecule has 3 atom stereocenters. The largest absolute Gasteiger partial charge is 0.481 e. The summed E-state index contributed by atoms with van der Waals surface area (Å²) in [5.74, 6) is -1.66. The zero-order valence-corrected chi connectivity index (χ0v) is 19.1. The van der Waals surface area contributed by atoms with Crippen molar-refractivity contribution in [2.24, 2.45) is 11.3 Å². The Hall–Kier alpha value is -3.88. The van der Waals surface area contributed by atoms with Crippen molar-refractivity contribution in [3.8, 4) is 11.1 Å². The Bertz CT molecular complexity index is 1150. The van der Waals surface area contributed by atoms with Crippen molar-refractivity contribution < 1.29 is 29.0 Å². The molecule has 2 aromatic carbocycles. The molecular formula is C26H27N3O6. The van der Waals surface area contributed by atoms with Crippen molar-refractivity contribution >= 4 is 23.9 Å². The highest BCUT2D eigenvalue weighted by atomic mass is 16.5. The second kappa shape index (κ2) is 9.05. The fourth-order valence-electron chi connectivity index (χ4n) is 5.59. The average molecular weight is 478 g/mol. The highest BCUT2D eigenvalue weighted by Crippen LogP contribution is 2.63. The second-order valence-corrected chi connectivity index (χ2v) is 9.52. The van der Waals surface area contributed by atoms with E-state index in [0.717, 1.165) is 22.3 Å². The first kappa shape index (κ1) is 22.9. The van der Waals surface area contributed by atoms with Crippen LogP contribution in [0.4, 0.5) is 4.79 Å². The molecule has 35 heavy (non-hydrogen) atoms. The molecule has 0 radical (unpaired) electrons. The molecular weight excluding hydrogens is 450 g/mol. The van der Waals surface area contributed by atoms with E-state index in [1.54, 1.807) is 0 Å². The zero-order valence-electron chi connectivity index (χ0n) is 19.1. The molecule has 0 spiro atoms. The summed E-state index contributed by atoms with van der Waals surface area (Å²) in [6.07, 6.45) is 1.04. The number of alkyl carbamates (subject to hydrolysis) is 1. The summed E-state index contributed by atoms with van der Waals surface area (Å²) in [6, 6.07) is 15.8. The lowest BCUT2D eigenvalue weighted by atomic mass is 9.98. The first-order chi connectivity index (χ1) is 16.9. The van der Waals surface area contributed by atoms with Crippen molar-refractivity contribution in [3.63, 3.8) is 0 Å². The number of carbonyl (C=O) groups is 4. The van der Waals surface area contributed by atoms with E-state index in [-0.39, 0.29) is 43.5 Å². The molecule has 2 fully saturated rings. The topological polar surface area (TPSA) is 134 Å². The Morgan fingerprint density at radius 3 is 2.14 bits per heavy atom. The minimum atomic E-state index is -0.799. The van der Waals surface area contributed by atoms with Gasteiger partial charge in [-0.1, -0.05) is 48.5 Å². The fraction of sp³-hybridized carbons (Fsp3) is 0.385. The summed E-state index contributed by atoms with van der Waals surface area (Å²) in [6.45, 7) is -0.422. The van der Waals surface area contributed by atoms with Gasteiger partial charge in [0.05, 0.1) is 12.0 Å². The maximum Gasteiger partial charge on any atom is 0.407 e. The van der Waals surface area contributed by atoms with Crippen LogP contribution in [0.25, 0.3) is 11.1 Å². The lowest BCUT2D eigenvalue weighted by Crippen LogP contribution is -2.44. The summed E-state index contributed by atoms with van der Waals surface area (Å²) in [5, 5.41) is 17.0. The van der Waals surface area contributed by atoms with Crippen LogP contribution in [0.15, 0.2) is 48.5 Å². The predicted molar refractivity (Wildman–Crippen MR) is 125 cm³/mol. The van der Waals surface area contributed by atoms with Crippen LogP contribution in [0.1, 0.15) is 36.3 Å². The van der Waals surface area contributed by atoms with E-state index in [1.165, 1.54) is 0 Å². The van der Waals surface area contributed by atoms with Crippen LogP contribution in [0.3, 0.4) is 0 Å². The second-order valence-electron chi connectivity index (χ2n) is 9.52. The monoisotopic (exact) mass is 477 g/mol. The van der Waals surface area contributed by atoms with E-state index in [4.69, 9.17) is 4.74 Å². The standard InChI is InChI=1S/C26H27N3O6/c30-22(27-13-23(31)29-16-9-15-10-26(15,11-16)24(32)33)12-28-25(34)35-14-21-19-7-3-1-5-17(19)18-6-2-4-8-20(18)21/h1-8,15-16,21H,9-14H2,(H,27,30)(H,28,34)(H,29,31)(H,32,33). The van der Waals surface area contributed by atoms with Crippen LogP contribution >= 0.6 is 0 Å². The van der Waals surface area contributed by atoms with Crippen molar-refractivity contribution in [1.82, 2.24) is 16.0 Å². The first-order valence-electron chi connectivity index (χ1n) is 11.8. The van der Waals surface area contributed by atoms with Gasteiger partial charge in [0.25, 0.3) is 0 Å². The average Bonchev–Trinajstić information content (AvgIpc) is 3.28. The van der Waals surface area contributed by atoms with E-state index in [9.17, 15) is 24.3 Å². The number of rotatable bonds is 8. The molecule has 5 rings (SSSR count). The molecule has 3 amide bonds. The number of carboxylic acid groups (broad SMARTS) is 1. The maximum atomic E-state index is 12.2. The van der Waals surface area contributed by atoms with Crippen LogP contribution in [0.2, 0.25) is 0 Å². The van der Waals surface area contributed by atoms with Gasteiger partial charge in [-0.25, -0.2) is 4.79 Å². The number of hydrogen-bond donors (Lipinski definition) is 4. The molecule has 0 saturated heterocycles. The third kappa shape index (κ3) is 4.45. The lowest BCUT2D eigenvalue weighted by molar-refractivity contribution is -0.143. The first-order valence-corrected chi connectivity index (χ1v) is 11.8. The van der Waals surface area contributed by atoms with E-state index < -0.39 is 23.4 Å². The molecule has 4 N–H and O–H groups in total. The van der Waals surface area contributed by atoms with Crippen LogP contribution in [0.5, 0.6) is 0 Å². The summed E-state index contributed by atoms with van der Waals surface area (Å²) >= 11 is 0. The predicted octanol–water partition coefficient (Wildman–Crippen LogP) is 2.01. The molecule has 3 unspecified atom stereocenters. The number of ether oxygens (including phenoxy) is 1. The fourth-order valence-corrected chi connectivity index (χ4v) is 5.59. The molecule has 9 heteroatoms. The Balaban J connectivity index is 1.03. The number of carbonyl (C=O) groups excluding carboxylic acids is 3. The van der Waals surface area contributed by atoms with Crippen molar-refractivity contribution in [1.29, 1.82) is 0 Å². The summed E-state index contributed by atoms with van der Waals surface area (Å²) in [7, 11) is 0. The summed E-state index contributed by atoms with van der Waals surface area (Å²) < 4.78 is 5.39. The van der Waals surface area contributed by atoms with Gasteiger partial charge in [-0.05, 0) is 47.4 Å². The third-order valence-corrected chi connectivity index (χ3v) is 7.39. The molecule has 2 saturated carbocycles. The van der Waals surface area contributed by atoms with Gasteiger partial charge in [0, 0.05) is 12.0 Å². The molecule has 9 nitrogen and oxygen atoms in total. The number of aliphatic carboxylic acids is 1. The Kier molecular flexibility index (Phi) is 5.92. The third-order valence-electron chi connectivity index (χ3n) is 7.39. The molecule has 0 heterocycles. The summed E-state index contributed by atoms with van der Waals surface area (Å²) in [5.41, 5.74) is 3.77. The van der Waals surface area contributed by atoms with Crippen LogP contribution in [-0.4, -0.2) is 54.7 Å². The molecule has 3 aliphatic carbocycles. The Morgan fingerprint density at radius 2 is 1.51 bits per heavy atom. The minimum absolute atomic E-state index is 0.0763. The van der Waals surface area contributed by atoms with Crippen molar-refractivity contribution in [2.45, 2.75) is 31.2 Å². The number of amides is 3. The van der Waals surface area contributed by atoms with Crippen LogP contribution in [0, 0.1) is 11.3 Å². The zero-order chi connectivity index (χ0) is 24.6. The van der Waals surface area contributed by atoms with E-state index >= 15 is 0 Å². The van der Waals surface area contributed by atoms with E-state index in [1.807, 2.05) is 48.5 Å². The normalized spacial score (nSPS) is 23.4. The SMILES string of the molecule is O=C(CNC(=O)OCC1c2ccccc2-c2ccccc21)NCC(=O)NC1CC2CC2(C(=O)O)C1. The molecule has 0 aromatic heterocycles. The Labute approximate surface area is 202 Å². The van der Waals surface area contributed by atoms with Gasteiger partial charge in [0.1, 0.15) is 13.2 Å². The van der Waals surface area contributed by atoms with Crippen LogP contribution in [-0.2, 0) is 19.1 Å². The highest BCUT2D eigenvalue weighted by molar-refractivity contribution is 5.87. The Morgan fingerprint density at radius 1 is 0.886 bits per heavy atom. The lowest BCUT2D eigenvalue weighted by Gasteiger charge is -2.16. The highest BCUT2D eigenvalue weighted by Gasteiger charge is 2.65. The molecule has 0 aliphatic heterocycles. The van der Waals surface area contributed by atoms with Gasteiger partial charge in [-0.2, -0.15) is 0 Å². The molecule has 3 aliphatic rings. The molecule has 0 bridgehead atoms. The van der Waals surface area contributed by atoms with Gasteiger partial charge in [-0.3, -0.25) is 14.4 Å². The molecule has 2 aromatic rings. The van der Waals surface area contributed by atoms with Gasteiger partial charge in [-0.15, -0.1) is 0 Å². The van der Waals surface area contributed by atoms with E-state index in [2.05, 4.69) is 16.0 Å². The number of benzene rings is 2. The van der Waals surface area contributed by atoms with Gasteiger partial charge in [0.15, 0.2) is 0 Å².